The molecule has 0 aliphatic carbocycles. The van der Waals surface area contributed by atoms with Gasteiger partial charge in [-0.05, 0) is 32.0 Å². The molecular formula is C12H16FN3O. The minimum atomic E-state index is -0.289. The van der Waals surface area contributed by atoms with Gasteiger partial charge in [-0.1, -0.05) is 0 Å². The molecule has 1 unspecified atom stereocenters. The Balaban J connectivity index is 2.38. The van der Waals surface area contributed by atoms with Crippen LogP contribution in [0, 0.1) is 5.82 Å². The molecule has 2 rings (SSSR count). The Morgan fingerprint density at radius 3 is 3.00 bits per heavy atom. The Morgan fingerprint density at radius 2 is 2.29 bits per heavy atom. The minimum absolute atomic E-state index is 0.0166. The molecule has 17 heavy (non-hydrogen) atoms. The molecule has 0 radical (unpaired) electrons. The molecule has 0 fully saturated rings. The van der Waals surface area contributed by atoms with Gasteiger partial charge in [0.05, 0.1) is 23.7 Å². The summed E-state index contributed by atoms with van der Waals surface area (Å²) >= 11 is 0. The van der Waals surface area contributed by atoms with Crippen LogP contribution in [0.15, 0.2) is 18.2 Å². The molecule has 0 aliphatic rings. The van der Waals surface area contributed by atoms with Crippen LogP contribution < -0.4 is 5.73 Å². The van der Waals surface area contributed by atoms with Crippen LogP contribution in [0.4, 0.5) is 10.3 Å². The van der Waals surface area contributed by atoms with E-state index in [2.05, 4.69) is 4.98 Å². The van der Waals surface area contributed by atoms with Gasteiger partial charge >= 0.3 is 0 Å². The molecule has 0 saturated heterocycles. The van der Waals surface area contributed by atoms with Crippen molar-refractivity contribution in [2.45, 2.75) is 26.5 Å². The second-order valence-electron chi connectivity index (χ2n) is 3.98. The summed E-state index contributed by atoms with van der Waals surface area (Å²) in [4.78, 5) is 4.19. The smallest absolute Gasteiger partial charge is 0.201 e. The highest BCUT2D eigenvalue weighted by molar-refractivity contribution is 5.78. The summed E-state index contributed by atoms with van der Waals surface area (Å²) in [6.45, 7) is 5.10. The molecule has 1 heterocycles. The number of hydrogen-bond acceptors (Lipinski definition) is 3. The lowest BCUT2D eigenvalue weighted by Crippen LogP contribution is -2.17. The number of anilines is 1. The summed E-state index contributed by atoms with van der Waals surface area (Å²) in [5.41, 5.74) is 7.23. The molecule has 5 heteroatoms. The van der Waals surface area contributed by atoms with Crippen molar-refractivity contribution >= 4 is 17.0 Å². The van der Waals surface area contributed by atoms with Crippen molar-refractivity contribution in [3.63, 3.8) is 0 Å². The monoisotopic (exact) mass is 237 g/mol. The number of nitrogens with two attached hydrogens (primary N) is 1. The first-order valence-corrected chi connectivity index (χ1v) is 5.64. The van der Waals surface area contributed by atoms with E-state index in [4.69, 9.17) is 10.5 Å². The van der Waals surface area contributed by atoms with E-state index in [1.54, 1.807) is 10.6 Å². The van der Waals surface area contributed by atoms with Gasteiger partial charge in [-0.2, -0.15) is 0 Å². The molecule has 0 amide bonds. The number of rotatable bonds is 4. The molecular weight excluding hydrogens is 221 g/mol. The molecule has 1 aromatic carbocycles. The number of imidazole rings is 1. The Morgan fingerprint density at radius 1 is 1.53 bits per heavy atom. The zero-order chi connectivity index (χ0) is 12.4. The van der Waals surface area contributed by atoms with Crippen LogP contribution in [0.5, 0.6) is 0 Å². The van der Waals surface area contributed by atoms with Crippen molar-refractivity contribution < 1.29 is 9.13 Å². The van der Waals surface area contributed by atoms with Crippen LogP contribution in [0.25, 0.3) is 11.0 Å². The molecule has 2 aromatic rings. The SMILES string of the molecule is CCOC(C)Cn1c(N)nc2ccc(F)cc21. The predicted octanol–water partition coefficient (Wildman–Crippen LogP) is 2.18. The number of benzene rings is 1. The Kier molecular flexibility index (Phi) is 3.28. The fourth-order valence-corrected chi connectivity index (χ4v) is 1.90. The Labute approximate surface area is 99.2 Å². The van der Waals surface area contributed by atoms with E-state index < -0.39 is 0 Å². The second-order valence-corrected chi connectivity index (χ2v) is 3.98. The van der Waals surface area contributed by atoms with E-state index >= 15 is 0 Å². The third-order valence-electron chi connectivity index (χ3n) is 2.63. The van der Waals surface area contributed by atoms with Crippen molar-refractivity contribution in [1.82, 2.24) is 9.55 Å². The van der Waals surface area contributed by atoms with Crippen LogP contribution in [0.2, 0.25) is 0 Å². The van der Waals surface area contributed by atoms with Crippen LogP contribution >= 0.6 is 0 Å². The van der Waals surface area contributed by atoms with Gasteiger partial charge in [-0.25, -0.2) is 9.37 Å². The maximum Gasteiger partial charge on any atom is 0.201 e. The van der Waals surface area contributed by atoms with Crippen LogP contribution in [-0.2, 0) is 11.3 Å². The summed E-state index contributed by atoms with van der Waals surface area (Å²) in [6.07, 6.45) is 0.0166. The maximum absolute atomic E-state index is 13.2. The van der Waals surface area contributed by atoms with Gasteiger partial charge in [0.1, 0.15) is 5.82 Å². The second kappa shape index (κ2) is 4.71. The Bertz CT molecular complexity index is 524. The number of nitrogens with zero attached hydrogens (tertiary/aromatic N) is 2. The van der Waals surface area contributed by atoms with E-state index in [1.807, 2.05) is 13.8 Å². The lowest BCUT2D eigenvalue weighted by molar-refractivity contribution is 0.0652. The molecule has 0 aliphatic heterocycles. The van der Waals surface area contributed by atoms with Crippen LogP contribution in [0.1, 0.15) is 13.8 Å². The van der Waals surface area contributed by atoms with Gasteiger partial charge in [0, 0.05) is 6.61 Å². The lowest BCUT2D eigenvalue weighted by atomic mass is 10.3. The number of aromatic nitrogens is 2. The van der Waals surface area contributed by atoms with Gasteiger partial charge in [-0.3, -0.25) is 0 Å². The van der Waals surface area contributed by atoms with Gasteiger partial charge in [-0.15, -0.1) is 0 Å². The van der Waals surface area contributed by atoms with E-state index in [1.165, 1.54) is 12.1 Å². The number of halogens is 1. The zero-order valence-electron chi connectivity index (χ0n) is 9.98. The first kappa shape index (κ1) is 11.9. The van der Waals surface area contributed by atoms with Gasteiger partial charge in [0.15, 0.2) is 0 Å². The fourth-order valence-electron chi connectivity index (χ4n) is 1.90. The fraction of sp³-hybridized carbons (Fsp3) is 0.417. The average molecular weight is 237 g/mol. The van der Waals surface area contributed by atoms with Gasteiger partial charge in [0.25, 0.3) is 0 Å². The third kappa shape index (κ3) is 2.39. The summed E-state index contributed by atoms with van der Waals surface area (Å²) in [5.74, 6) is 0.0971. The normalized spacial score (nSPS) is 13.1. The number of hydrogen-bond donors (Lipinski definition) is 1. The minimum Gasteiger partial charge on any atom is -0.377 e. The molecule has 0 saturated carbocycles. The quantitative estimate of drug-likeness (QED) is 0.886. The molecule has 1 aromatic heterocycles. The van der Waals surface area contributed by atoms with E-state index in [0.717, 1.165) is 0 Å². The summed E-state index contributed by atoms with van der Waals surface area (Å²) in [7, 11) is 0. The maximum atomic E-state index is 13.2. The van der Waals surface area contributed by atoms with Crippen LogP contribution in [-0.4, -0.2) is 22.3 Å². The summed E-state index contributed by atoms with van der Waals surface area (Å²) in [5, 5.41) is 0. The summed E-state index contributed by atoms with van der Waals surface area (Å²) in [6, 6.07) is 4.45. The number of fused-ring (bicyclic) bond motifs is 1. The molecule has 0 spiro atoms. The van der Waals surface area contributed by atoms with Crippen LogP contribution in [0.3, 0.4) is 0 Å². The van der Waals surface area contributed by atoms with Crippen molar-refractivity contribution in [3.05, 3.63) is 24.0 Å². The zero-order valence-corrected chi connectivity index (χ0v) is 9.98. The average Bonchev–Trinajstić information content (AvgIpc) is 2.56. The highest BCUT2D eigenvalue weighted by atomic mass is 19.1. The molecule has 0 bridgehead atoms. The van der Waals surface area contributed by atoms with Gasteiger partial charge < -0.3 is 15.0 Å². The number of ether oxygens (including phenoxy) is 1. The first-order valence-electron chi connectivity index (χ1n) is 5.64. The van der Waals surface area contributed by atoms with E-state index in [-0.39, 0.29) is 11.9 Å². The Hall–Kier alpha value is -1.62. The highest BCUT2D eigenvalue weighted by Gasteiger charge is 2.11. The van der Waals surface area contributed by atoms with Crippen molar-refractivity contribution in [1.29, 1.82) is 0 Å². The largest absolute Gasteiger partial charge is 0.377 e. The van der Waals surface area contributed by atoms with Crippen molar-refractivity contribution in [3.8, 4) is 0 Å². The molecule has 1 atom stereocenters. The summed E-state index contributed by atoms with van der Waals surface area (Å²) < 4.78 is 20.4. The molecule has 4 nitrogen and oxygen atoms in total. The number of nitrogen functional groups attached to an aromatic ring is 1. The molecule has 2 N–H and O–H groups in total. The van der Waals surface area contributed by atoms with Crippen molar-refractivity contribution in [2.24, 2.45) is 0 Å². The third-order valence-corrected chi connectivity index (χ3v) is 2.63. The van der Waals surface area contributed by atoms with Gasteiger partial charge in [0.2, 0.25) is 5.95 Å². The van der Waals surface area contributed by atoms with E-state index in [9.17, 15) is 4.39 Å². The standard InChI is InChI=1S/C12H16FN3O/c1-3-17-8(2)7-16-11-6-9(13)4-5-10(11)15-12(16)14/h4-6,8H,3,7H2,1-2H3,(H2,14,15). The van der Waals surface area contributed by atoms with E-state index in [0.29, 0.717) is 30.1 Å². The first-order chi connectivity index (χ1) is 8.11. The molecule has 92 valence electrons. The van der Waals surface area contributed by atoms with Crippen molar-refractivity contribution in [2.75, 3.05) is 12.3 Å². The predicted molar refractivity (Wildman–Crippen MR) is 65.2 cm³/mol. The topological polar surface area (TPSA) is 53.1 Å². The highest BCUT2D eigenvalue weighted by Crippen LogP contribution is 2.19. The lowest BCUT2D eigenvalue weighted by Gasteiger charge is -2.13.